The number of carbonyl (C=O) groups excluding carboxylic acids is 1. The summed E-state index contributed by atoms with van der Waals surface area (Å²) in [6, 6.07) is 12.3. The highest BCUT2D eigenvalue weighted by molar-refractivity contribution is 7.90. The van der Waals surface area contributed by atoms with Gasteiger partial charge in [0.2, 0.25) is 5.91 Å². The number of phenolic OH excluding ortho intramolecular Hbond substituents is 1. The number of hydrogen-bond acceptors (Lipinski definition) is 4. The van der Waals surface area contributed by atoms with Gasteiger partial charge in [0.1, 0.15) is 5.75 Å². The van der Waals surface area contributed by atoms with E-state index in [1.165, 1.54) is 24.3 Å². The number of nitrogens with one attached hydrogen (secondary N) is 1. The molecule has 0 heterocycles. The van der Waals surface area contributed by atoms with E-state index < -0.39 is 15.9 Å². The highest BCUT2D eigenvalue weighted by atomic mass is 32.2. The van der Waals surface area contributed by atoms with E-state index >= 15 is 0 Å². The smallest absolute Gasteiger partial charge is 0.264 e. The zero-order valence-corrected chi connectivity index (χ0v) is 12.2. The van der Waals surface area contributed by atoms with Crippen LogP contribution in [0.1, 0.15) is 11.1 Å². The highest BCUT2D eigenvalue weighted by Gasteiger charge is 2.17. The van der Waals surface area contributed by atoms with E-state index in [1.807, 2.05) is 29.8 Å². The van der Waals surface area contributed by atoms with Crippen LogP contribution in [0, 0.1) is 6.92 Å². The third kappa shape index (κ3) is 4.06. The molecule has 0 aliphatic rings. The van der Waals surface area contributed by atoms with Gasteiger partial charge in [-0.3, -0.25) is 4.79 Å². The first kappa shape index (κ1) is 15.1. The second-order valence-electron chi connectivity index (χ2n) is 4.69. The molecule has 0 fully saturated rings. The molecular formula is C15H15NO4S. The molecule has 0 unspecified atom stereocenters. The monoisotopic (exact) mass is 305 g/mol. The molecule has 0 aliphatic carbocycles. The summed E-state index contributed by atoms with van der Waals surface area (Å²) in [5.41, 5.74) is 1.75. The lowest BCUT2D eigenvalue weighted by molar-refractivity contribution is -0.118. The third-order valence-corrected chi connectivity index (χ3v) is 4.23. The first-order chi connectivity index (χ1) is 9.87. The van der Waals surface area contributed by atoms with Crippen molar-refractivity contribution < 1.29 is 18.3 Å². The molecule has 0 aliphatic heterocycles. The minimum Gasteiger partial charge on any atom is -0.508 e. The van der Waals surface area contributed by atoms with Crippen LogP contribution in [-0.4, -0.2) is 19.4 Å². The summed E-state index contributed by atoms with van der Waals surface area (Å²) < 4.78 is 26.0. The van der Waals surface area contributed by atoms with Gasteiger partial charge in [-0.05, 0) is 36.8 Å². The Balaban J connectivity index is 2.09. The Labute approximate surface area is 123 Å². The van der Waals surface area contributed by atoms with Crippen molar-refractivity contribution in [1.29, 1.82) is 0 Å². The van der Waals surface area contributed by atoms with Gasteiger partial charge in [-0.15, -0.1) is 0 Å². The van der Waals surface area contributed by atoms with Crippen molar-refractivity contribution in [1.82, 2.24) is 4.72 Å². The van der Waals surface area contributed by atoms with Crippen molar-refractivity contribution >= 4 is 15.9 Å². The Morgan fingerprint density at radius 1 is 1.14 bits per heavy atom. The molecule has 1 amide bonds. The molecule has 2 rings (SSSR count). The number of amides is 1. The predicted octanol–water partition coefficient (Wildman–Crippen LogP) is 1.75. The molecule has 110 valence electrons. The lowest BCUT2D eigenvalue weighted by Crippen LogP contribution is -2.31. The summed E-state index contributed by atoms with van der Waals surface area (Å²) in [5, 5.41) is 9.14. The van der Waals surface area contributed by atoms with Crippen molar-refractivity contribution in [2.75, 3.05) is 0 Å². The van der Waals surface area contributed by atoms with Crippen LogP contribution in [-0.2, 0) is 21.2 Å². The quantitative estimate of drug-likeness (QED) is 0.901. The van der Waals surface area contributed by atoms with Gasteiger partial charge in [-0.2, -0.15) is 0 Å². The molecule has 0 saturated carbocycles. The van der Waals surface area contributed by atoms with Gasteiger partial charge in [0, 0.05) is 0 Å². The molecule has 21 heavy (non-hydrogen) atoms. The van der Waals surface area contributed by atoms with Crippen LogP contribution in [0.5, 0.6) is 5.75 Å². The summed E-state index contributed by atoms with van der Waals surface area (Å²) in [6.45, 7) is 1.90. The van der Waals surface area contributed by atoms with Gasteiger partial charge in [0.05, 0.1) is 11.3 Å². The van der Waals surface area contributed by atoms with Crippen LogP contribution in [0.4, 0.5) is 0 Å². The molecule has 0 atom stereocenters. The summed E-state index contributed by atoms with van der Waals surface area (Å²) in [4.78, 5) is 11.8. The highest BCUT2D eigenvalue weighted by Crippen LogP contribution is 2.14. The molecular weight excluding hydrogens is 290 g/mol. The Kier molecular flexibility index (Phi) is 4.28. The standard InChI is InChI=1S/C15H15NO4S/c1-11-3-2-4-12(9-11)10-15(18)16-21(19,20)14-7-5-13(17)6-8-14/h2-9,17H,10H2,1H3,(H,16,18). The summed E-state index contributed by atoms with van der Waals surface area (Å²) >= 11 is 0. The second kappa shape index (κ2) is 5.97. The molecule has 0 radical (unpaired) electrons. The van der Waals surface area contributed by atoms with Crippen molar-refractivity contribution in [3.63, 3.8) is 0 Å². The lowest BCUT2D eigenvalue weighted by Gasteiger charge is -2.07. The first-order valence-electron chi connectivity index (χ1n) is 6.27. The van der Waals surface area contributed by atoms with Crippen LogP contribution in [0.15, 0.2) is 53.4 Å². The fourth-order valence-electron chi connectivity index (χ4n) is 1.88. The number of benzene rings is 2. The van der Waals surface area contributed by atoms with E-state index in [0.717, 1.165) is 11.1 Å². The van der Waals surface area contributed by atoms with E-state index in [2.05, 4.69) is 0 Å². The Hall–Kier alpha value is -2.34. The molecule has 6 heteroatoms. The Morgan fingerprint density at radius 3 is 2.43 bits per heavy atom. The largest absolute Gasteiger partial charge is 0.508 e. The number of sulfonamides is 1. The number of hydrogen-bond donors (Lipinski definition) is 2. The van der Waals surface area contributed by atoms with Gasteiger partial charge in [-0.1, -0.05) is 29.8 Å². The topological polar surface area (TPSA) is 83.5 Å². The SMILES string of the molecule is Cc1cccc(CC(=O)NS(=O)(=O)c2ccc(O)cc2)c1. The molecule has 0 spiro atoms. The van der Waals surface area contributed by atoms with Crippen LogP contribution < -0.4 is 4.72 Å². The molecule has 2 aromatic carbocycles. The van der Waals surface area contributed by atoms with E-state index in [1.54, 1.807) is 6.07 Å². The van der Waals surface area contributed by atoms with Crippen molar-refractivity contribution in [3.8, 4) is 5.75 Å². The van der Waals surface area contributed by atoms with E-state index in [9.17, 15) is 13.2 Å². The van der Waals surface area contributed by atoms with E-state index in [4.69, 9.17) is 5.11 Å². The lowest BCUT2D eigenvalue weighted by atomic mass is 10.1. The maximum Gasteiger partial charge on any atom is 0.264 e. The molecule has 5 nitrogen and oxygen atoms in total. The maximum absolute atomic E-state index is 12.0. The Morgan fingerprint density at radius 2 is 1.81 bits per heavy atom. The van der Waals surface area contributed by atoms with Crippen LogP contribution in [0.25, 0.3) is 0 Å². The second-order valence-corrected chi connectivity index (χ2v) is 6.37. The average Bonchev–Trinajstić information content (AvgIpc) is 2.38. The fourth-order valence-corrected chi connectivity index (χ4v) is 2.86. The molecule has 0 aromatic heterocycles. The molecule has 0 saturated heterocycles. The normalized spacial score (nSPS) is 11.1. The summed E-state index contributed by atoms with van der Waals surface area (Å²) in [5.74, 6) is -0.645. The van der Waals surface area contributed by atoms with Crippen LogP contribution in [0.2, 0.25) is 0 Å². The van der Waals surface area contributed by atoms with Crippen LogP contribution >= 0.6 is 0 Å². The molecule has 2 N–H and O–H groups in total. The number of carbonyl (C=O) groups is 1. The maximum atomic E-state index is 12.0. The van der Waals surface area contributed by atoms with Gasteiger partial charge in [0.15, 0.2) is 0 Å². The molecule has 2 aromatic rings. The van der Waals surface area contributed by atoms with Gasteiger partial charge in [0.25, 0.3) is 10.0 Å². The summed E-state index contributed by atoms with van der Waals surface area (Å²) in [7, 11) is -3.92. The zero-order valence-electron chi connectivity index (χ0n) is 11.4. The number of rotatable bonds is 4. The van der Waals surface area contributed by atoms with Gasteiger partial charge in [-0.25, -0.2) is 13.1 Å². The van der Waals surface area contributed by atoms with Crippen LogP contribution in [0.3, 0.4) is 0 Å². The van der Waals surface area contributed by atoms with Gasteiger partial charge >= 0.3 is 0 Å². The minimum atomic E-state index is -3.92. The third-order valence-electron chi connectivity index (χ3n) is 2.84. The zero-order chi connectivity index (χ0) is 15.5. The first-order valence-corrected chi connectivity index (χ1v) is 7.75. The van der Waals surface area contributed by atoms with E-state index in [-0.39, 0.29) is 17.1 Å². The van der Waals surface area contributed by atoms with Crippen molar-refractivity contribution in [2.45, 2.75) is 18.2 Å². The minimum absolute atomic E-state index is 0.0149. The average molecular weight is 305 g/mol. The number of phenols is 1. The van der Waals surface area contributed by atoms with E-state index in [0.29, 0.717) is 0 Å². The van der Waals surface area contributed by atoms with Crippen molar-refractivity contribution in [3.05, 3.63) is 59.7 Å². The molecule has 0 bridgehead atoms. The summed E-state index contributed by atoms with van der Waals surface area (Å²) in [6.07, 6.45) is -0.0149. The van der Waals surface area contributed by atoms with Crippen molar-refractivity contribution in [2.24, 2.45) is 0 Å². The number of aromatic hydroxyl groups is 1. The Bertz CT molecular complexity index is 751. The number of aryl methyl sites for hydroxylation is 1. The fraction of sp³-hybridized carbons (Fsp3) is 0.133. The predicted molar refractivity (Wildman–Crippen MR) is 78.3 cm³/mol. The van der Waals surface area contributed by atoms with Gasteiger partial charge < -0.3 is 5.11 Å².